The zero-order chi connectivity index (χ0) is 14.7. The Morgan fingerprint density at radius 1 is 1.30 bits per heavy atom. The van der Waals surface area contributed by atoms with Crippen LogP contribution in [-0.2, 0) is 6.54 Å². The van der Waals surface area contributed by atoms with Gasteiger partial charge in [-0.1, -0.05) is 11.6 Å². The van der Waals surface area contributed by atoms with E-state index in [1.165, 1.54) is 18.2 Å². The van der Waals surface area contributed by atoms with Gasteiger partial charge in [0.1, 0.15) is 5.82 Å². The fraction of sp³-hybridized carbons (Fsp3) is 0.0714. The predicted molar refractivity (Wildman–Crippen MR) is 81.4 cm³/mol. The molecule has 104 valence electrons. The molecule has 6 heteroatoms. The van der Waals surface area contributed by atoms with Gasteiger partial charge in [-0.05, 0) is 52.3 Å². The fourth-order valence-electron chi connectivity index (χ4n) is 1.67. The van der Waals surface area contributed by atoms with Crippen LogP contribution in [0.2, 0.25) is 5.02 Å². The lowest BCUT2D eigenvalue weighted by Crippen LogP contribution is -2.12. The van der Waals surface area contributed by atoms with Gasteiger partial charge in [0.15, 0.2) is 0 Å². The summed E-state index contributed by atoms with van der Waals surface area (Å²) in [7, 11) is 0. The van der Waals surface area contributed by atoms with Crippen molar-refractivity contribution in [2.24, 2.45) is 5.73 Å². The van der Waals surface area contributed by atoms with Crippen molar-refractivity contribution >= 4 is 39.1 Å². The molecule has 0 saturated heterocycles. The minimum Gasteiger partial charge on any atom is -0.381 e. The van der Waals surface area contributed by atoms with Crippen LogP contribution in [0.25, 0.3) is 0 Å². The van der Waals surface area contributed by atoms with E-state index < -0.39 is 11.7 Å². The lowest BCUT2D eigenvalue weighted by Gasteiger charge is -2.09. The number of hydrogen-bond donors (Lipinski definition) is 2. The van der Waals surface area contributed by atoms with Gasteiger partial charge in [0.25, 0.3) is 0 Å². The van der Waals surface area contributed by atoms with Gasteiger partial charge >= 0.3 is 0 Å². The number of carbonyl (C=O) groups excluding carboxylic acids is 1. The third-order valence-corrected chi connectivity index (χ3v) is 3.97. The van der Waals surface area contributed by atoms with Crippen LogP contribution < -0.4 is 11.1 Å². The number of nitrogens with one attached hydrogen (secondary N) is 1. The first-order valence-corrected chi connectivity index (χ1v) is 6.91. The van der Waals surface area contributed by atoms with Crippen molar-refractivity contribution in [1.29, 1.82) is 0 Å². The van der Waals surface area contributed by atoms with Crippen LogP contribution in [0.5, 0.6) is 0 Å². The second-order valence-electron chi connectivity index (χ2n) is 4.15. The average molecular weight is 358 g/mol. The van der Waals surface area contributed by atoms with Gasteiger partial charge in [0.05, 0.1) is 5.02 Å². The highest BCUT2D eigenvalue weighted by molar-refractivity contribution is 9.10. The molecule has 0 aliphatic carbocycles. The quantitative estimate of drug-likeness (QED) is 0.870. The second-order valence-corrected chi connectivity index (χ2v) is 5.41. The van der Waals surface area contributed by atoms with Crippen molar-refractivity contribution in [2.75, 3.05) is 5.32 Å². The van der Waals surface area contributed by atoms with Crippen LogP contribution in [0, 0.1) is 5.82 Å². The highest BCUT2D eigenvalue weighted by Gasteiger charge is 2.07. The highest BCUT2D eigenvalue weighted by Crippen LogP contribution is 2.26. The van der Waals surface area contributed by atoms with Gasteiger partial charge in [-0.25, -0.2) is 4.39 Å². The van der Waals surface area contributed by atoms with Gasteiger partial charge in [-0.15, -0.1) is 0 Å². The number of benzene rings is 2. The number of primary amides is 1. The van der Waals surface area contributed by atoms with Gasteiger partial charge in [0, 0.05) is 27.8 Å². The average Bonchev–Trinajstić information content (AvgIpc) is 2.41. The first kappa shape index (κ1) is 14.8. The Morgan fingerprint density at radius 3 is 2.70 bits per heavy atom. The Hall–Kier alpha value is -1.59. The molecular weight excluding hydrogens is 347 g/mol. The molecule has 0 spiro atoms. The molecule has 0 unspecified atom stereocenters. The Kier molecular flexibility index (Phi) is 4.62. The molecule has 0 aliphatic heterocycles. The van der Waals surface area contributed by atoms with Crippen molar-refractivity contribution in [3.63, 3.8) is 0 Å². The molecule has 2 aromatic carbocycles. The van der Waals surface area contributed by atoms with Gasteiger partial charge in [-0.2, -0.15) is 0 Å². The van der Waals surface area contributed by atoms with E-state index >= 15 is 0 Å². The Balaban J connectivity index is 2.15. The smallest absolute Gasteiger partial charge is 0.248 e. The highest BCUT2D eigenvalue weighted by atomic mass is 79.9. The summed E-state index contributed by atoms with van der Waals surface area (Å²) in [5, 5.41) is 3.60. The van der Waals surface area contributed by atoms with E-state index in [1.54, 1.807) is 12.1 Å². The van der Waals surface area contributed by atoms with E-state index in [-0.39, 0.29) is 12.1 Å². The van der Waals surface area contributed by atoms with E-state index in [1.807, 2.05) is 6.07 Å². The molecule has 2 rings (SSSR count). The van der Waals surface area contributed by atoms with Gasteiger partial charge in [-0.3, -0.25) is 4.79 Å². The summed E-state index contributed by atoms with van der Waals surface area (Å²) in [4.78, 5) is 11.1. The molecule has 0 heterocycles. The minimum atomic E-state index is -0.585. The molecule has 0 atom stereocenters. The van der Waals surface area contributed by atoms with E-state index in [4.69, 9.17) is 17.3 Å². The third kappa shape index (κ3) is 3.49. The van der Waals surface area contributed by atoms with Crippen LogP contribution in [-0.4, -0.2) is 5.91 Å². The van der Waals surface area contributed by atoms with Crippen LogP contribution in [0.4, 0.5) is 10.1 Å². The SMILES string of the molecule is NC(=O)c1ccc(F)c(CNc2ccc(Br)c(Cl)c2)c1. The van der Waals surface area contributed by atoms with Crippen LogP contribution in [0.3, 0.4) is 0 Å². The molecule has 0 bridgehead atoms. The van der Waals surface area contributed by atoms with E-state index in [9.17, 15) is 9.18 Å². The number of hydrogen-bond acceptors (Lipinski definition) is 2. The van der Waals surface area contributed by atoms with E-state index in [0.29, 0.717) is 10.6 Å². The fourth-order valence-corrected chi connectivity index (χ4v) is 2.09. The first-order valence-electron chi connectivity index (χ1n) is 5.74. The summed E-state index contributed by atoms with van der Waals surface area (Å²) >= 11 is 9.26. The molecule has 0 aromatic heterocycles. The number of nitrogens with two attached hydrogens (primary N) is 1. The lowest BCUT2D eigenvalue weighted by molar-refractivity contribution is 0.1000. The topological polar surface area (TPSA) is 55.1 Å². The van der Waals surface area contributed by atoms with Gasteiger partial charge in [0.2, 0.25) is 5.91 Å². The van der Waals surface area contributed by atoms with Gasteiger partial charge < -0.3 is 11.1 Å². The van der Waals surface area contributed by atoms with Crippen molar-refractivity contribution < 1.29 is 9.18 Å². The molecule has 0 radical (unpaired) electrons. The number of halogens is 3. The normalized spacial score (nSPS) is 10.3. The minimum absolute atomic E-state index is 0.227. The number of amides is 1. The monoisotopic (exact) mass is 356 g/mol. The standard InChI is InChI=1S/C14H11BrClFN2O/c15-11-3-2-10(6-12(11)16)19-7-9-5-8(14(18)20)1-4-13(9)17/h1-6,19H,7H2,(H2,18,20). The van der Waals surface area contributed by atoms with Crippen molar-refractivity contribution in [3.8, 4) is 0 Å². The maximum atomic E-state index is 13.7. The van der Waals surface area contributed by atoms with E-state index in [0.717, 1.165) is 10.2 Å². The summed E-state index contributed by atoms with van der Waals surface area (Å²) in [6.45, 7) is 0.227. The maximum absolute atomic E-state index is 13.7. The van der Waals surface area contributed by atoms with Crippen molar-refractivity contribution in [1.82, 2.24) is 0 Å². The maximum Gasteiger partial charge on any atom is 0.248 e. The number of carbonyl (C=O) groups is 1. The molecule has 3 N–H and O–H groups in total. The molecule has 3 nitrogen and oxygen atoms in total. The lowest BCUT2D eigenvalue weighted by atomic mass is 10.1. The van der Waals surface area contributed by atoms with Crippen LogP contribution >= 0.6 is 27.5 Å². The summed E-state index contributed by atoms with van der Waals surface area (Å²) in [5.74, 6) is -0.983. The zero-order valence-corrected chi connectivity index (χ0v) is 12.6. The molecule has 1 amide bonds. The molecule has 0 saturated carbocycles. The summed E-state index contributed by atoms with van der Waals surface area (Å²) in [6, 6.07) is 9.35. The second kappa shape index (κ2) is 6.24. The third-order valence-electron chi connectivity index (χ3n) is 2.73. The molecule has 0 aliphatic rings. The van der Waals surface area contributed by atoms with E-state index in [2.05, 4.69) is 21.2 Å². The molecule has 2 aromatic rings. The largest absolute Gasteiger partial charge is 0.381 e. The summed E-state index contributed by atoms with van der Waals surface area (Å²) in [6.07, 6.45) is 0. The number of anilines is 1. The van der Waals surface area contributed by atoms with Crippen molar-refractivity contribution in [3.05, 3.63) is 62.8 Å². The Labute approximate surface area is 129 Å². The molecular formula is C14H11BrClFN2O. The van der Waals surface area contributed by atoms with Crippen LogP contribution in [0.15, 0.2) is 40.9 Å². The molecule has 0 fully saturated rings. The van der Waals surface area contributed by atoms with Crippen LogP contribution in [0.1, 0.15) is 15.9 Å². The summed E-state index contributed by atoms with van der Waals surface area (Å²) in [5.41, 5.74) is 6.56. The zero-order valence-electron chi connectivity index (χ0n) is 10.3. The number of rotatable bonds is 4. The first-order chi connectivity index (χ1) is 9.47. The van der Waals surface area contributed by atoms with Crippen molar-refractivity contribution in [2.45, 2.75) is 6.54 Å². The molecule has 20 heavy (non-hydrogen) atoms. The summed E-state index contributed by atoms with van der Waals surface area (Å²) < 4.78 is 14.4. The Morgan fingerprint density at radius 2 is 2.05 bits per heavy atom. The predicted octanol–water partition coefficient (Wildman–Crippen LogP) is 3.95. The Bertz CT molecular complexity index is 664.